The molecule has 1 unspecified atom stereocenters. The van der Waals surface area contributed by atoms with Gasteiger partial charge in [-0.25, -0.2) is 4.98 Å². The Kier molecular flexibility index (Phi) is 7.52. The summed E-state index contributed by atoms with van der Waals surface area (Å²) in [5, 5.41) is 9.35. The summed E-state index contributed by atoms with van der Waals surface area (Å²) in [6.45, 7) is 9.05. The van der Waals surface area contributed by atoms with E-state index in [2.05, 4.69) is 16.0 Å². The van der Waals surface area contributed by atoms with Crippen LogP contribution in [0.1, 0.15) is 47.7 Å². The fraction of sp³-hybridized carbons (Fsp3) is 0.391. The fourth-order valence-corrected chi connectivity index (χ4v) is 5.23. The number of benzene rings is 1. The lowest BCUT2D eigenvalue weighted by Crippen LogP contribution is -2.36. The van der Waals surface area contributed by atoms with Gasteiger partial charge < -0.3 is 9.88 Å². The van der Waals surface area contributed by atoms with Gasteiger partial charge in [-0.3, -0.25) is 9.59 Å². The molecule has 0 saturated carbocycles. The van der Waals surface area contributed by atoms with Gasteiger partial charge in [0, 0.05) is 18.0 Å². The lowest BCUT2D eigenvalue weighted by Gasteiger charge is -2.25. The Labute approximate surface area is 190 Å². The van der Waals surface area contributed by atoms with E-state index < -0.39 is 0 Å². The number of aromatic nitrogens is 2. The first kappa shape index (κ1) is 23.0. The second-order valence-electron chi connectivity index (χ2n) is 7.50. The monoisotopic (exact) mass is 454 g/mol. The maximum Gasteiger partial charge on any atom is 0.259 e. The van der Waals surface area contributed by atoms with Crippen LogP contribution in [0.15, 0.2) is 29.1 Å². The highest BCUT2D eigenvalue weighted by atomic mass is 32.2. The highest BCUT2D eigenvalue weighted by Gasteiger charge is 2.21. The summed E-state index contributed by atoms with van der Waals surface area (Å²) >= 11 is 3.00. The topological polar surface area (TPSA) is 89.8 Å². The van der Waals surface area contributed by atoms with Crippen LogP contribution in [0.2, 0.25) is 0 Å². The number of rotatable bonds is 8. The minimum absolute atomic E-state index is 0.0578. The highest BCUT2D eigenvalue weighted by Crippen LogP contribution is 2.27. The van der Waals surface area contributed by atoms with Crippen LogP contribution in [0.5, 0.6) is 0 Å². The molecule has 3 rings (SSSR count). The molecule has 0 spiro atoms. The van der Waals surface area contributed by atoms with Crippen molar-refractivity contribution in [1.29, 1.82) is 5.26 Å². The third-order valence-corrected chi connectivity index (χ3v) is 7.41. The normalized spacial score (nSPS) is 12.0. The molecule has 162 valence electrons. The lowest BCUT2D eigenvalue weighted by molar-refractivity contribution is -0.131. The van der Waals surface area contributed by atoms with Crippen LogP contribution in [0.4, 0.5) is 0 Å². The molecule has 2 heterocycles. The van der Waals surface area contributed by atoms with Crippen LogP contribution in [0.3, 0.4) is 0 Å². The number of nitrogens with one attached hydrogen (secondary N) is 1. The third kappa shape index (κ3) is 5.35. The van der Waals surface area contributed by atoms with Crippen molar-refractivity contribution in [1.82, 2.24) is 14.9 Å². The molecule has 0 aliphatic heterocycles. The molecule has 1 aromatic carbocycles. The molecule has 1 amide bonds. The molecule has 0 fully saturated rings. The molecule has 8 heteroatoms. The number of nitriles is 1. The molecule has 0 saturated heterocycles. The number of carbonyl (C=O) groups excluding carboxylic acids is 1. The van der Waals surface area contributed by atoms with Gasteiger partial charge in [0.2, 0.25) is 5.91 Å². The molecule has 2 aromatic heterocycles. The number of H-pyrrole nitrogens is 1. The van der Waals surface area contributed by atoms with Crippen molar-refractivity contribution in [3.8, 4) is 6.07 Å². The minimum Gasteiger partial charge on any atom is -0.337 e. The van der Waals surface area contributed by atoms with Crippen LogP contribution in [-0.2, 0) is 17.1 Å². The summed E-state index contributed by atoms with van der Waals surface area (Å²) in [5.41, 5.74) is 2.47. The second kappa shape index (κ2) is 10.1. The second-order valence-corrected chi connectivity index (χ2v) is 10.0. The van der Waals surface area contributed by atoms with Crippen molar-refractivity contribution in [2.24, 2.45) is 0 Å². The quantitative estimate of drug-likeness (QED) is 0.540. The highest BCUT2D eigenvalue weighted by molar-refractivity contribution is 7.99. The Morgan fingerprint density at radius 3 is 2.68 bits per heavy atom. The van der Waals surface area contributed by atoms with Crippen molar-refractivity contribution >= 4 is 39.2 Å². The van der Waals surface area contributed by atoms with E-state index in [1.54, 1.807) is 12.1 Å². The van der Waals surface area contributed by atoms with E-state index in [1.807, 2.05) is 44.7 Å². The average Bonchev–Trinajstić information content (AvgIpc) is 3.05. The number of fused-ring (bicyclic) bond motifs is 1. The maximum atomic E-state index is 13.1. The van der Waals surface area contributed by atoms with Crippen molar-refractivity contribution in [2.45, 2.75) is 51.7 Å². The Morgan fingerprint density at radius 1 is 1.32 bits per heavy atom. The van der Waals surface area contributed by atoms with E-state index in [0.717, 1.165) is 27.3 Å². The first-order valence-electron chi connectivity index (χ1n) is 10.2. The van der Waals surface area contributed by atoms with Crippen LogP contribution < -0.4 is 5.56 Å². The zero-order chi connectivity index (χ0) is 22.5. The zero-order valence-corrected chi connectivity index (χ0v) is 19.8. The van der Waals surface area contributed by atoms with Gasteiger partial charge in [0.05, 0.1) is 28.0 Å². The molecule has 1 atom stereocenters. The molecule has 3 aromatic rings. The minimum atomic E-state index is -0.266. The molecule has 0 bridgehead atoms. The predicted molar refractivity (Wildman–Crippen MR) is 127 cm³/mol. The van der Waals surface area contributed by atoms with Crippen molar-refractivity contribution < 1.29 is 4.79 Å². The van der Waals surface area contributed by atoms with Gasteiger partial charge in [-0.05, 0) is 50.5 Å². The van der Waals surface area contributed by atoms with E-state index in [1.165, 1.54) is 23.1 Å². The molecule has 0 radical (unpaired) electrons. The van der Waals surface area contributed by atoms with E-state index in [9.17, 15) is 9.59 Å². The predicted octanol–water partition coefficient (Wildman–Crippen LogP) is 4.53. The average molecular weight is 455 g/mol. The summed E-state index contributed by atoms with van der Waals surface area (Å²) in [5.74, 6) is 1.12. The molecule has 1 N–H and O–H groups in total. The molecule has 31 heavy (non-hydrogen) atoms. The molecule has 6 nitrogen and oxygen atoms in total. The van der Waals surface area contributed by atoms with Crippen molar-refractivity contribution in [3.05, 3.63) is 62.0 Å². The number of hydrogen-bond acceptors (Lipinski definition) is 6. The SMILES string of the molecule is CCCN(Cc1ccc(C#N)cc1)C(=O)C(C)SCc1nc2sc(C)c(C)c2c(=O)[nH]1. The van der Waals surface area contributed by atoms with Gasteiger partial charge in [-0.1, -0.05) is 19.1 Å². The summed E-state index contributed by atoms with van der Waals surface area (Å²) in [6, 6.07) is 9.44. The molecule has 0 aliphatic rings. The Bertz CT molecular complexity index is 1180. The van der Waals surface area contributed by atoms with Gasteiger partial charge in [0.15, 0.2) is 0 Å². The summed E-state index contributed by atoms with van der Waals surface area (Å²) < 4.78 is 0. The summed E-state index contributed by atoms with van der Waals surface area (Å²) in [4.78, 5) is 36.7. The van der Waals surface area contributed by atoms with Gasteiger partial charge in [0.1, 0.15) is 10.7 Å². The maximum absolute atomic E-state index is 13.1. The molecular weight excluding hydrogens is 428 g/mol. The summed E-state index contributed by atoms with van der Waals surface area (Å²) in [7, 11) is 0. The number of thioether (sulfide) groups is 1. The van der Waals surface area contributed by atoms with Crippen molar-refractivity contribution in [2.75, 3.05) is 6.54 Å². The Balaban J connectivity index is 1.68. The van der Waals surface area contributed by atoms with Crippen LogP contribution >= 0.6 is 23.1 Å². The summed E-state index contributed by atoms with van der Waals surface area (Å²) in [6.07, 6.45) is 0.863. The van der Waals surface area contributed by atoms with Gasteiger partial charge in [-0.15, -0.1) is 23.1 Å². The lowest BCUT2D eigenvalue weighted by atomic mass is 10.1. The largest absolute Gasteiger partial charge is 0.337 e. The van der Waals surface area contributed by atoms with Crippen LogP contribution in [0.25, 0.3) is 10.2 Å². The van der Waals surface area contributed by atoms with E-state index >= 15 is 0 Å². The Morgan fingerprint density at radius 2 is 2.03 bits per heavy atom. The number of aromatic amines is 1. The third-order valence-electron chi connectivity index (χ3n) is 5.17. The van der Waals surface area contributed by atoms with Crippen LogP contribution in [-0.4, -0.2) is 32.6 Å². The van der Waals surface area contributed by atoms with Gasteiger partial charge in [0.25, 0.3) is 5.56 Å². The number of hydrogen-bond donors (Lipinski definition) is 1. The first-order chi connectivity index (χ1) is 14.8. The Hall–Kier alpha value is -2.63. The number of carbonyl (C=O) groups is 1. The van der Waals surface area contributed by atoms with E-state index in [-0.39, 0.29) is 16.7 Å². The number of thiophene rings is 1. The number of amides is 1. The van der Waals surface area contributed by atoms with E-state index in [0.29, 0.717) is 35.6 Å². The number of aryl methyl sites for hydroxylation is 2. The van der Waals surface area contributed by atoms with Gasteiger partial charge >= 0.3 is 0 Å². The molecular formula is C23H26N4O2S2. The fourth-order valence-electron chi connectivity index (χ4n) is 3.34. The first-order valence-corrected chi connectivity index (χ1v) is 12.1. The van der Waals surface area contributed by atoms with Crippen molar-refractivity contribution in [3.63, 3.8) is 0 Å². The standard InChI is InChI=1S/C23H26N4O2S2/c1-5-10-27(12-18-8-6-17(11-24)7-9-18)23(29)16(4)30-13-19-25-21(28)20-14(2)15(3)31-22(20)26-19/h6-9,16H,5,10,12-13H2,1-4H3,(H,25,26,28). The zero-order valence-electron chi connectivity index (χ0n) is 18.2. The van der Waals surface area contributed by atoms with Gasteiger partial charge in [-0.2, -0.15) is 5.26 Å². The van der Waals surface area contributed by atoms with Crippen LogP contribution in [0, 0.1) is 25.2 Å². The molecule has 0 aliphatic carbocycles. The van der Waals surface area contributed by atoms with E-state index in [4.69, 9.17) is 5.26 Å². The smallest absolute Gasteiger partial charge is 0.259 e. The number of nitrogens with zero attached hydrogens (tertiary/aromatic N) is 3.